The Hall–Kier alpha value is -3.96. The molecule has 0 amide bonds. The summed E-state index contributed by atoms with van der Waals surface area (Å²) in [7, 11) is 0. The maximum atomic E-state index is 13.1. The number of ketones is 2. The van der Waals surface area contributed by atoms with Crippen molar-refractivity contribution in [2.45, 2.75) is 6.92 Å². The molecule has 0 atom stereocenters. The Bertz CT molecular complexity index is 1260. The molecule has 1 aromatic heterocycles. The van der Waals surface area contributed by atoms with Crippen LogP contribution < -0.4 is 4.90 Å². The number of rotatable bonds is 9. The molecular formula is C28H23ClN2O3. The van der Waals surface area contributed by atoms with Gasteiger partial charge in [0.1, 0.15) is 11.4 Å². The van der Waals surface area contributed by atoms with Crippen molar-refractivity contribution in [3.05, 3.63) is 118 Å². The Morgan fingerprint density at radius 1 is 0.824 bits per heavy atom. The molecule has 0 unspecified atom stereocenters. The van der Waals surface area contributed by atoms with Crippen LogP contribution in [-0.2, 0) is 0 Å². The van der Waals surface area contributed by atoms with Crippen molar-refractivity contribution in [2.24, 2.45) is 0 Å². The maximum Gasteiger partial charge on any atom is 0.183 e. The van der Waals surface area contributed by atoms with E-state index in [1.165, 1.54) is 0 Å². The average molecular weight is 471 g/mol. The number of carbonyl (C=O) groups is 2. The van der Waals surface area contributed by atoms with E-state index < -0.39 is 0 Å². The molecule has 0 radical (unpaired) electrons. The molecule has 0 saturated carbocycles. The zero-order valence-electron chi connectivity index (χ0n) is 18.6. The second-order valence-electron chi connectivity index (χ2n) is 7.77. The molecule has 0 fully saturated rings. The third kappa shape index (κ3) is 5.50. The number of nitrogens with zero attached hydrogens (tertiary/aromatic N) is 2. The number of halogens is 1. The van der Waals surface area contributed by atoms with Gasteiger partial charge in [-0.2, -0.15) is 0 Å². The number of aromatic nitrogens is 1. The SMILES string of the molecule is Cc1noc(/C=C/c2ccccc2Cl)c1N(CC(=O)c1ccccc1)CC(=O)c1ccccc1. The van der Waals surface area contributed by atoms with Gasteiger partial charge in [0.05, 0.1) is 13.1 Å². The van der Waals surface area contributed by atoms with Gasteiger partial charge in [-0.1, -0.05) is 95.6 Å². The molecule has 0 N–H and O–H groups in total. The largest absolute Gasteiger partial charge is 0.354 e. The lowest BCUT2D eigenvalue weighted by atomic mass is 10.1. The van der Waals surface area contributed by atoms with Gasteiger partial charge in [0, 0.05) is 16.1 Å². The van der Waals surface area contributed by atoms with Gasteiger partial charge < -0.3 is 9.42 Å². The Labute approximate surface area is 203 Å². The van der Waals surface area contributed by atoms with Crippen molar-refractivity contribution >= 4 is 41.0 Å². The molecule has 0 bridgehead atoms. The number of anilines is 1. The van der Waals surface area contributed by atoms with E-state index in [9.17, 15) is 9.59 Å². The third-order valence-corrected chi connectivity index (χ3v) is 5.70. The van der Waals surface area contributed by atoms with E-state index in [1.807, 2.05) is 60.7 Å². The fourth-order valence-corrected chi connectivity index (χ4v) is 3.84. The smallest absolute Gasteiger partial charge is 0.183 e. The Morgan fingerprint density at radius 3 is 1.91 bits per heavy atom. The summed E-state index contributed by atoms with van der Waals surface area (Å²) in [5.41, 5.74) is 3.14. The van der Waals surface area contributed by atoms with E-state index in [1.54, 1.807) is 48.2 Å². The van der Waals surface area contributed by atoms with Crippen LogP contribution >= 0.6 is 11.6 Å². The van der Waals surface area contributed by atoms with E-state index in [4.69, 9.17) is 16.1 Å². The van der Waals surface area contributed by atoms with Gasteiger partial charge in [-0.25, -0.2) is 0 Å². The molecule has 0 aliphatic carbocycles. The molecule has 170 valence electrons. The second kappa shape index (κ2) is 10.8. The fraction of sp³-hybridized carbons (Fsp3) is 0.107. The number of aryl methyl sites for hydroxylation is 1. The predicted molar refractivity (Wildman–Crippen MR) is 135 cm³/mol. The lowest BCUT2D eigenvalue weighted by Gasteiger charge is -2.23. The number of hydrogen-bond donors (Lipinski definition) is 0. The normalized spacial score (nSPS) is 11.0. The van der Waals surface area contributed by atoms with Crippen LogP contribution in [-0.4, -0.2) is 29.8 Å². The minimum absolute atomic E-state index is 0.00241. The van der Waals surface area contributed by atoms with E-state index in [2.05, 4.69) is 5.16 Å². The first kappa shape index (κ1) is 23.2. The molecule has 0 saturated heterocycles. The number of benzene rings is 3. The van der Waals surface area contributed by atoms with Crippen molar-refractivity contribution in [1.29, 1.82) is 0 Å². The highest BCUT2D eigenvalue weighted by Gasteiger charge is 2.24. The third-order valence-electron chi connectivity index (χ3n) is 5.35. The van der Waals surface area contributed by atoms with Gasteiger partial charge in [0.2, 0.25) is 0 Å². The van der Waals surface area contributed by atoms with Crippen LogP contribution in [0.2, 0.25) is 5.02 Å². The zero-order chi connectivity index (χ0) is 23.9. The van der Waals surface area contributed by atoms with Crippen LogP contribution in [0.25, 0.3) is 12.2 Å². The fourth-order valence-electron chi connectivity index (χ4n) is 3.64. The summed E-state index contributed by atoms with van der Waals surface area (Å²) in [6.07, 6.45) is 3.57. The summed E-state index contributed by atoms with van der Waals surface area (Å²) in [6.45, 7) is 1.79. The number of Topliss-reactive ketones (excluding diaryl/α,β-unsaturated/α-hetero) is 2. The Morgan fingerprint density at radius 2 is 1.35 bits per heavy atom. The first-order valence-electron chi connectivity index (χ1n) is 10.8. The van der Waals surface area contributed by atoms with Gasteiger partial charge in [-0.3, -0.25) is 9.59 Å². The van der Waals surface area contributed by atoms with Gasteiger partial charge >= 0.3 is 0 Å². The van der Waals surface area contributed by atoms with E-state index in [0.29, 0.717) is 33.3 Å². The molecule has 0 aliphatic heterocycles. The van der Waals surface area contributed by atoms with Crippen molar-refractivity contribution in [3.63, 3.8) is 0 Å². The molecule has 3 aromatic carbocycles. The number of carbonyl (C=O) groups excluding carboxylic acids is 2. The van der Waals surface area contributed by atoms with Crippen molar-refractivity contribution in [1.82, 2.24) is 5.16 Å². The first-order chi connectivity index (χ1) is 16.5. The molecular weight excluding hydrogens is 448 g/mol. The standard InChI is InChI=1S/C28H23ClN2O3/c1-20-28(27(34-30-20)17-16-21-10-8-9-15-24(21)29)31(18-25(32)22-11-4-2-5-12-22)19-26(33)23-13-6-3-7-14-23/h2-17H,18-19H2,1H3/b17-16+. The van der Waals surface area contributed by atoms with Crippen LogP contribution in [0.5, 0.6) is 0 Å². The Balaban J connectivity index is 1.68. The lowest BCUT2D eigenvalue weighted by molar-refractivity contribution is 0.0984. The summed E-state index contributed by atoms with van der Waals surface area (Å²) < 4.78 is 5.57. The van der Waals surface area contributed by atoms with Crippen LogP contribution in [0, 0.1) is 6.92 Å². The quantitative estimate of drug-likeness (QED) is 0.265. The summed E-state index contributed by atoms with van der Waals surface area (Å²) in [6, 6.07) is 25.5. The van der Waals surface area contributed by atoms with Gasteiger partial charge in [0.15, 0.2) is 17.3 Å². The van der Waals surface area contributed by atoms with Gasteiger partial charge in [-0.15, -0.1) is 0 Å². The second-order valence-corrected chi connectivity index (χ2v) is 8.18. The van der Waals surface area contributed by atoms with E-state index in [0.717, 1.165) is 5.56 Å². The first-order valence-corrected chi connectivity index (χ1v) is 11.2. The lowest BCUT2D eigenvalue weighted by Crippen LogP contribution is -2.35. The predicted octanol–water partition coefficient (Wildman–Crippen LogP) is 6.38. The summed E-state index contributed by atoms with van der Waals surface area (Å²) in [4.78, 5) is 27.9. The highest BCUT2D eigenvalue weighted by molar-refractivity contribution is 6.32. The van der Waals surface area contributed by atoms with Crippen LogP contribution in [0.4, 0.5) is 5.69 Å². The molecule has 1 heterocycles. The van der Waals surface area contributed by atoms with E-state index >= 15 is 0 Å². The maximum absolute atomic E-state index is 13.1. The molecule has 4 aromatic rings. The molecule has 34 heavy (non-hydrogen) atoms. The molecule has 0 aliphatic rings. The van der Waals surface area contributed by atoms with Crippen LogP contribution in [0.15, 0.2) is 89.5 Å². The molecule has 4 rings (SSSR count). The number of hydrogen-bond acceptors (Lipinski definition) is 5. The monoisotopic (exact) mass is 470 g/mol. The van der Waals surface area contributed by atoms with E-state index in [-0.39, 0.29) is 24.7 Å². The summed E-state index contributed by atoms with van der Waals surface area (Å²) >= 11 is 6.27. The average Bonchev–Trinajstić information content (AvgIpc) is 3.24. The van der Waals surface area contributed by atoms with Gasteiger partial charge in [0.25, 0.3) is 0 Å². The molecule has 5 nitrogen and oxygen atoms in total. The van der Waals surface area contributed by atoms with Crippen molar-refractivity contribution in [3.8, 4) is 0 Å². The van der Waals surface area contributed by atoms with Crippen LogP contribution in [0.3, 0.4) is 0 Å². The summed E-state index contributed by atoms with van der Waals surface area (Å²) in [5, 5.41) is 4.71. The van der Waals surface area contributed by atoms with Gasteiger partial charge in [-0.05, 0) is 30.7 Å². The highest BCUT2D eigenvalue weighted by atomic mass is 35.5. The zero-order valence-corrected chi connectivity index (χ0v) is 19.4. The Kier molecular flexibility index (Phi) is 7.35. The van der Waals surface area contributed by atoms with Crippen molar-refractivity contribution < 1.29 is 14.1 Å². The minimum atomic E-state index is -0.108. The highest BCUT2D eigenvalue weighted by Crippen LogP contribution is 2.28. The van der Waals surface area contributed by atoms with Crippen LogP contribution in [0.1, 0.15) is 37.7 Å². The van der Waals surface area contributed by atoms with Crippen molar-refractivity contribution in [2.75, 3.05) is 18.0 Å². The minimum Gasteiger partial charge on any atom is -0.354 e. The molecule has 6 heteroatoms. The molecule has 0 spiro atoms. The summed E-state index contributed by atoms with van der Waals surface area (Å²) in [5.74, 6) is 0.227. The topological polar surface area (TPSA) is 63.4 Å².